The number of carbonyl (C=O) groups is 2. The fourth-order valence-electron chi connectivity index (χ4n) is 1.40. The molecule has 1 aromatic rings. The SMILES string of the molecule is CNC(C)CC(=O)Nc1ccc(C(=O)OC)cc1. The van der Waals surface area contributed by atoms with Crippen LogP contribution in [0.1, 0.15) is 23.7 Å². The molecule has 1 unspecified atom stereocenters. The van der Waals surface area contributed by atoms with E-state index >= 15 is 0 Å². The fourth-order valence-corrected chi connectivity index (χ4v) is 1.40. The summed E-state index contributed by atoms with van der Waals surface area (Å²) in [5, 5.41) is 5.75. The number of benzene rings is 1. The summed E-state index contributed by atoms with van der Waals surface area (Å²) < 4.78 is 4.59. The molecule has 0 aliphatic heterocycles. The first-order chi connectivity index (χ1) is 8.56. The van der Waals surface area contributed by atoms with Gasteiger partial charge in [0.15, 0.2) is 0 Å². The van der Waals surface area contributed by atoms with Gasteiger partial charge in [-0.15, -0.1) is 0 Å². The molecule has 1 rings (SSSR count). The minimum atomic E-state index is -0.392. The lowest BCUT2D eigenvalue weighted by Crippen LogP contribution is -2.27. The van der Waals surface area contributed by atoms with Crippen molar-refractivity contribution < 1.29 is 14.3 Å². The zero-order chi connectivity index (χ0) is 13.5. The van der Waals surface area contributed by atoms with Crippen LogP contribution >= 0.6 is 0 Å². The molecule has 5 nitrogen and oxygen atoms in total. The molecule has 0 saturated carbocycles. The van der Waals surface area contributed by atoms with E-state index in [4.69, 9.17) is 0 Å². The van der Waals surface area contributed by atoms with Crippen molar-refractivity contribution in [2.24, 2.45) is 0 Å². The lowest BCUT2D eigenvalue weighted by atomic mass is 10.2. The van der Waals surface area contributed by atoms with E-state index in [2.05, 4.69) is 15.4 Å². The molecule has 0 saturated heterocycles. The van der Waals surface area contributed by atoms with Gasteiger partial charge < -0.3 is 15.4 Å². The molecule has 0 aliphatic rings. The number of hydrogen-bond acceptors (Lipinski definition) is 4. The van der Waals surface area contributed by atoms with Crippen LogP contribution in [0.5, 0.6) is 0 Å². The Bertz CT molecular complexity index is 415. The van der Waals surface area contributed by atoms with Crippen molar-refractivity contribution in [3.63, 3.8) is 0 Å². The first kappa shape index (κ1) is 14.2. The number of carbonyl (C=O) groups excluding carboxylic acids is 2. The van der Waals surface area contributed by atoms with Gasteiger partial charge in [0.25, 0.3) is 0 Å². The Morgan fingerprint density at radius 2 is 1.89 bits per heavy atom. The molecule has 0 radical (unpaired) electrons. The molecule has 0 fully saturated rings. The molecule has 0 aromatic heterocycles. The molecule has 1 aromatic carbocycles. The Morgan fingerprint density at radius 3 is 2.39 bits per heavy atom. The van der Waals surface area contributed by atoms with E-state index in [1.165, 1.54) is 7.11 Å². The summed E-state index contributed by atoms with van der Waals surface area (Å²) in [6, 6.07) is 6.70. The second-order valence-electron chi connectivity index (χ2n) is 4.01. The highest BCUT2D eigenvalue weighted by Gasteiger charge is 2.08. The maximum Gasteiger partial charge on any atom is 0.337 e. The maximum atomic E-state index is 11.6. The predicted molar refractivity (Wildman–Crippen MR) is 69.5 cm³/mol. The highest BCUT2D eigenvalue weighted by molar-refractivity contribution is 5.93. The maximum absolute atomic E-state index is 11.6. The van der Waals surface area contributed by atoms with Crippen LogP contribution in [-0.2, 0) is 9.53 Å². The number of ether oxygens (including phenoxy) is 1. The highest BCUT2D eigenvalue weighted by Crippen LogP contribution is 2.11. The minimum Gasteiger partial charge on any atom is -0.465 e. The van der Waals surface area contributed by atoms with Gasteiger partial charge in [0.2, 0.25) is 5.91 Å². The lowest BCUT2D eigenvalue weighted by Gasteiger charge is -2.10. The molecular weight excluding hydrogens is 232 g/mol. The van der Waals surface area contributed by atoms with Crippen molar-refractivity contribution in [1.82, 2.24) is 5.32 Å². The molecule has 0 aliphatic carbocycles. The van der Waals surface area contributed by atoms with Gasteiger partial charge in [-0.25, -0.2) is 4.79 Å². The standard InChI is InChI=1S/C13H18N2O3/c1-9(14-2)8-12(16)15-11-6-4-10(5-7-11)13(17)18-3/h4-7,9,14H,8H2,1-3H3,(H,15,16). The van der Waals surface area contributed by atoms with Crippen LogP contribution in [0.3, 0.4) is 0 Å². The van der Waals surface area contributed by atoms with Crippen LogP contribution in [0.2, 0.25) is 0 Å². The summed E-state index contributed by atoms with van der Waals surface area (Å²) in [7, 11) is 3.14. The first-order valence-corrected chi connectivity index (χ1v) is 5.72. The van der Waals surface area contributed by atoms with Crippen LogP contribution in [0, 0.1) is 0 Å². The largest absolute Gasteiger partial charge is 0.465 e. The van der Waals surface area contributed by atoms with Gasteiger partial charge in [-0.05, 0) is 38.2 Å². The first-order valence-electron chi connectivity index (χ1n) is 5.72. The van der Waals surface area contributed by atoms with Crippen LogP contribution in [0.4, 0.5) is 5.69 Å². The number of nitrogens with one attached hydrogen (secondary N) is 2. The van der Waals surface area contributed by atoms with Crippen LogP contribution in [0.25, 0.3) is 0 Å². The van der Waals surface area contributed by atoms with Gasteiger partial charge in [0.1, 0.15) is 0 Å². The molecule has 5 heteroatoms. The third kappa shape index (κ3) is 4.18. The van der Waals surface area contributed by atoms with Gasteiger partial charge in [0.05, 0.1) is 12.7 Å². The van der Waals surface area contributed by atoms with E-state index in [-0.39, 0.29) is 11.9 Å². The fraction of sp³-hybridized carbons (Fsp3) is 0.385. The molecule has 1 atom stereocenters. The molecule has 0 spiro atoms. The summed E-state index contributed by atoms with van der Waals surface area (Å²) in [5.74, 6) is -0.459. The van der Waals surface area contributed by atoms with Gasteiger partial charge in [-0.1, -0.05) is 0 Å². The lowest BCUT2D eigenvalue weighted by molar-refractivity contribution is -0.116. The van der Waals surface area contributed by atoms with Crippen molar-refractivity contribution >= 4 is 17.6 Å². The summed E-state index contributed by atoms with van der Waals surface area (Å²) in [6.07, 6.45) is 0.398. The minimum absolute atomic E-state index is 0.0670. The number of rotatable bonds is 5. The Kier molecular flexibility index (Phi) is 5.32. The second-order valence-corrected chi connectivity index (χ2v) is 4.01. The summed E-state index contributed by atoms with van der Waals surface area (Å²) in [4.78, 5) is 22.8. The van der Waals surface area contributed by atoms with Crippen molar-refractivity contribution in [2.45, 2.75) is 19.4 Å². The zero-order valence-corrected chi connectivity index (χ0v) is 10.8. The Morgan fingerprint density at radius 1 is 1.28 bits per heavy atom. The molecule has 2 N–H and O–H groups in total. The molecular formula is C13H18N2O3. The van der Waals surface area contributed by atoms with E-state index in [0.29, 0.717) is 17.7 Å². The van der Waals surface area contributed by atoms with Crippen LogP contribution in [-0.4, -0.2) is 32.1 Å². The second kappa shape index (κ2) is 6.76. The van der Waals surface area contributed by atoms with E-state index in [9.17, 15) is 9.59 Å². The smallest absolute Gasteiger partial charge is 0.337 e. The summed E-state index contributed by atoms with van der Waals surface area (Å²) >= 11 is 0. The average molecular weight is 250 g/mol. The summed E-state index contributed by atoms with van der Waals surface area (Å²) in [5.41, 5.74) is 1.12. The zero-order valence-electron chi connectivity index (χ0n) is 10.8. The number of anilines is 1. The van der Waals surface area contributed by atoms with E-state index in [1.54, 1.807) is 24.3 Å². The normalized spacial score (nSPS) is 11.7. The number of methoxy groups -OCH3 is 1. The van der Waals surface area contributed by atoms with E-state index in [1.807, 2.05) is 14.0 Å². The van der Waals surface area contributed by atoms with Crippen molar-refractivity contribution in [3.8, 4) is 0 Å². The topological polar surface area (TPSA) is 67.4 Å². The average Bonchev–Trinajstić information content (AvgIpc) is 2.38. The third-order valence-corrected chi connectivity index (χ3v) is 2.57. The van der Waals surface area contributed by atoms with Crippen molar-refractivity contribution in [3.05, 3.63) is 29.8 Å². The van der Waals surface area contributed by atoms with Crippen molar-refractivity contribution in [1.29, 1.82) is 0 Å². The Balaban J connectivity index is 2.58. The van der Waals surface area contributed by atoms with Gasteiger partial charge in [0, 0.05) is 18.2 Å². The number of esters is 1. The quantitative estimate of drug-likeness (QED) is 0.775. The summed E-state index contributed by atoms with van der Waals surface area (Å²) in [6.45, 7) is 1.93. The third-order valence-electron chi connectivity index (χ3n) is 2.57. The number of hydrogen-bond donors (Lipinski definition) is 2. The van der Waals surface area contributed by atoms with Crippen molar-refractivity contribution in [2.75, 3.05) is 19.5 Å². The Labute approximate surface area is 107 Å². The molecule has 1 amide bonds. The Hall–Kier alpha value is -1.88. The number of amides is 1. The molecule has 0 heterocycles. The predicted octanol–water partition coefficient (Wildman–Crippen LogP) is 1.41. The van der Waals surface area contributed by atoms with E-state index in [0.717, 1.165) is 0 Å². The van der Waals surface area contributed by atoms with Crippen LogP contribution < -0.4 is 10.6 Å². The van der Waals surface area contributed by atoms with Crippen LogP contribution in [0.15, 0.2) is 24.3 Å². The highest BCUT2D eigenvalue weighted by atomic mass is 16.5. The molecule has 98 valence electrons. The molecule has 0 bridgehead atoms. The monoisotopic (exact) mass is 250 g/mol. The molecule has 18 heavy (non-hydrogen) atoms. The van der Waals surface area contributed by atoms with Gasteiger partial charge in [-0.3, -0.25) is 4.79 Å². The van der Waals surface area contributed by atoms with E-state index < -0.39 is 5.97 Å². The van der Waals surface area contributed by atoms with Gasteiger partial charge >= 0.3 is 5.97 Å². The van der Waals surface area contributed by atoms with Gasteiger partial charge in [-0.2, -0.15) is 0 Å².